The maximum atomic E-state index is 4.62. The zero-order chi connectivity index (χ0) is 6.24. The molecule has 0 unspecified atom stereocenters. The van der Waals surface area contributed by atoms with Crippen LogP contribution in [0.25, 0.3) is 0 Å². The molecule has 0 amide bonds. The maximum Gasteiger partial charge on any atom is 0.0575 e. The van der Waals surface area contributed by atoms with Gasteiger partial charge in [0.2, 0.25) is 0 Å². The molecule has 0 aromatic heterocycles. The van der Waals surface area contributed by atoms with Gasteiger partial charge in [-0.3, -0.25) is 0 Å². The molecule has 2 N–H and O–H groups in total. The summed E-state index contributed by atoms with van der Waals surface area (Å²) >= 11 is 4.50. The molecule has 0 aliphatic rings. The molecule has 0 radical (unpaired) electrons. The van der Waals surface area contributed by atoms with E-state index in [0.717, 1.165) is 10.1 Å². The quantitative estimate of drug-likeness (QED) is 0.354. The van der Waals surface area contributed by atoms with E-state index < -0.39 is 0 Å². The summed E-state index contributed by atoms with van der Waals surface area (Å²) in [5.41, 5.74) is 0. The molecular formula is H2N4S4. The van der Waals surface area contributed by atoms with E-state index >= 15 is 0 Å². The Morgan fingerprint density at radius 3 is 2.75 bits per heavy atom. The number of hydrogen-bond acceptors (Lipinski definition) is 2. The zero-order valence-corrected chi connectivity index (χ0v) is 6.82. The van der Waals surface area contributed by atoms with Crippen LogP contribution in [0.5, 0.6) is 0 Å². The number of hydrogen-bond donors (Lipinski definition) is 1. The molecule has 0 bridgehead atoms. The minimum atomic E-state index is 1.14. The Morgan fingerprint density at radius 2 is 2.25 bits per heavy atom. The predicted molar refractivity (Wildman–Crippen MR) is 40.9 cm³/mol. The van der Waals surface area contributed by atoms with Crippen molar-refractivity contribution in [1.29, 1.82) is 0 Å². The molecule has 0 saturated carbocycles. The van der Waals surface area contributed by atoms with Gasteiger partial charge in [0.1, 0.15) is 0 Å². The first-order chi connectivity index (χ1) is 3.91. The Bertz CT molecular complexity index is 186. The van der Waals surface area contributed by atoms with Crippen LogP contribution < -0.4 is 5.84 Å². The first kappa shape index (κ1) is 8.08. The third-order valence-corrected chi connectivity index (χ3v) is 3.53. The minimum Gasteiger partial charge on any atom is -0.303 e. The van der Waals surface area contributed by atoms with Gasteiger partial charge in [-0.25, -0.2) is 0 Å². The van der Waals surface area contributed by atoms with Gasteiger partial charge in [0.15, 0.2) is 0 Å². The number of rotatable bonds is 1. The first-order valence-corrected chi connectivity index (χ1v) is 5.71. The van der Waals surface area contributed by atoms with Gasteiger partial charge >= 0.3 is 0 Å². The molecule has 8 heavy (non-hydrogen) atoms. The lowest BCUT2D eigenvalue weighted by atomic mass is 12.6. The van der Waals surface area contributed by atoms with Crippen molar-refractivity contribution in [3.63, 3.8) is 0 Å². The fraction of sp³-hybridized carbons (Fsp3) is 0. The zero-order valence-electron chi connectivity index (χ0n) is 3.55. The summed E-state index contributed by atoms with van der Waals surface area (Å²) in [5.74, 6) is 4.62. The summed E-state index contributed by atoms with van der Waals surface area (Å²) in [7, 11) is 3.64. The van der Waals surface area contributed by atoms with Crippen molar-refractivity contribution in [2.45, 2.75) is 0 Å². The second-order valence-corrected chi connectivity index (χ2v) is 4.79. The lowest BCUT2D eigenvalue weighted by molar-refractivity contribution is 0.971. The lowest BCUT2D eigenvalue weighted by Crippen LogP contribution is -1.70. The molecule has 0 rings (SSSR count). The molecule has 0 fully saturated rings. The molecule has 0 aromatic carbocycles. The van der Waals surface area contributed by atoms with Crippen molar-refractivity contribution < 1.29 is 0 Å². The highest BCUT2D eigenvalue weighted by molar-refractivity contribution is 8.52. The van der Waals surface area contributed by atoms with E-state index in [9.17, 15) is 0 Å². The van der Waals surface area contributed by atoms with E-state index in [-0.39, 0.29) is 0 Å². The summed E-state index contributed by atoms with van der Waals surface area (Å²) < 4.78 is 3.41. The third-order valence-electron chi connectivity index (χ3n) is 0.180. The van der Waals surface area contributed by atoms with Crippen molar-refractivity contribution in [1.82, 2.24) is 0 Å². The van der Waals surface area contributed by atoms with E-state index in [0.29, 0.717) is 0 Å². The molecule has 0 heterocycles. The molecule has 46 valence electrons. The van der Waals surface area contributed by atoms with Gasteiger partial charge in [0, 0.05) is 28.9 Å². The average Bonchev–Trinajstić information content (AvgIpc) is 1.81. The highest BCUT2D eigenvalue weighted by Gasteiger charge is 1.49. The van der Waals surface area contributed by atoms with Gasteiger partial charge in [0.25, 0.3) is 0 Å². The van der Waals surface area contributed by atoms with Gasteiger partial charge in [-0.1, -0.05) is 9.69 Å². The highest BCUT2D eigenvalue weighted by atomic mass is 33.2. The average molecular weight is 186 g/mol. The van der Waals surface area contributed by atoms with Crippen molar-refractivity contribution in [2.75, 3.05) is 0 Å². The van der Waals surface area contributed by atoms with Crippen LogP contribution in [0.4, 0.5) is 0 Å². The topological polar surface area (TPSA) is 63.1 Å². The molecule has 0 aromatic rings. The van der Waals surface area contributed by atoms with Crippen molar-refractivity contribution in [3.8, 4) is 0 Å². The SMILES string of the molecule is N/N=N/N=S=S=S=S. The van der Waals surface area contributed by atoms with E-state index in [1.807, 2.05) is 0 Å². The summed E-state index contributed by atoms with van der Waals surface area (Å²) in [6, 6.07) is 0. The predicted octanol–water partition coefficient (Wildman–Crippen LogP) is -0.0494. The van der Waals surface area contributed by atoms with Crippen LogP contribution in [0.15, 0.2) is 14.9 Å². The fourth-order valence-corrected chi connectivity index (χ4v) is 1.57. The maximum absolute atomic E-state index is 4.62. The Hall–Kier alpha value is 0.0800. The molecule has 0 saturated heterocycles. The molecule has 0 aliphatic carbocycles. The van der Waals surface area contributed by atoms with Crippen LogP contribution in [0, 0.1) is 0 Å². The molecular weight excluding hydrogens is 184 g/mol. The van der Waals surface area contributed by atoms with Crippen LogP contribution in [-0.4, -0.2) is 0 Å². The van der Waals surface area contributed by atoms with Crippen LogP contribution in [0.3, 0.4) is 0 Å². The van der Waals surface area contributed by atoms with Crippen molar-refractivity contribution in [2.24, 2.45) is 20.8 Å². The van der Waals surface area contributed by atoms with Crippen molar-refractivity contribution in [3.05, 3.63) is 0 Å². The lowest BCUT2D eigenvalue weighted by Gasteiger charge is -1.58. The van der Waals surface area contributed by atoms with Gasteiger partial charge in [0.05, 0.1) is 10.1 Å². The van der Waals surface area contributed by atoms with Crippen LogP contribution in [0.1, 0.15) is 0 Å². The fourth-order valence-electron chi connectivity index (χ4n) is 0.0620. The van der Waals surface area contributed by atoms with Gasteiger partial charge < -0.3 is 5.84 Å². The summed E-state index contributed by atoms with van der Waals surface area (Å²) in [4.78, 5) is 0. The molecule has 0 aliphatic heterocycles. The van der Waals surface area contributed by atoms with E-state index in [1.54, 1.807) is 0 Å². The molecule has 0 atom stereocenters. The Balaban J connectivity index is 4.04. The second-order valence-electron chi connectivity index (χ2n) is 0.497. The molecule has 4 nitrogen and oxygen atoms in total. The van der Waals surface area contributed by atoms with Crippen LogP contribution >= 0.6 is 0 Å². The monoisotopic (exact) mass is 186 g/mol. The third kappa shape index (κ3) is 6.08. The largest absolute Gasteiger partial charge is 0.303 e. The van der Waals surface area contributed by atoms with Crippen LogP contribution in [-0.2, 0) is 39.1 Å². The Labute approximate surface area is 59.9 Å². The standard InChI is InChI=1S/H2N4S4/c1-2-3-4-6-8-7-5/h(H2,1,3). The molecule has 0 spiro atoms. The van der Waals surface area contributed by atoms with Gasteiger partial charge in [-0.15, -0.1) is 0 Å². The second kappa shape index (κ2) is 7.08. The number of nitrogens with zero attached hydrogens (tertiary/aromatic N) is 3. The van der Waals surface area contributed by atoms with Gasteiger partial charge in [-0.2, -0.15) is 0 Å². The Morgan fingerprint density at radius 1 is 1.50 bits per heavy atom. The first-order valence-electron chi connectivity index (χ1n) is 1.34. The highest BCUT2D eigenvalue weighted by Crippen LogP contribution is 1.63. The Kier molecular flexibility index (Phi) is 7.15. The normalized spacial score (nSPS) is 8.50. The van der Waals surface area contributed by atoms with E-state index in [4.69, 9.17) is 0 Å². The smallest absolute Gasteiger partial charge is 0.0575 e. The number of nitrogens with two attached hydrogens (primary N) is 1. The summed E-state index contributed by atoms with van der Waals surface area (Å²) in [6.07, 6.45) is 0. The van der Waals surface area contributed by atoms with E-state index in [1.165, 1.54) is 17.8 Å². The summed E-state index contributed by atoms with van der Waals surface area (Å²) in [6.45, 7) is 0. The summed E-state index contributed by atoms with van der Waals surface area (Å²) in [5, 5.41) is 6.01. The van der Waals surface area contributed by atoms with E-state index in [2.05, 4.69) is 31.9 Å². The molecule has 8 heteroatoms. The van der Waals surface area contributed by atoms with Crippen molar-refractivity contribution >= 4 is 39.1 Å². The van der Waals surface area contributed by atoms with Gasteiger partial charge in [-0.05, 0) is 5.22 Å². The minimum absolute atomic E-state index is 1.14. The van der Waals surface area contributed by atoms with Crippen LogP contribution in [0.2, 0.25) is 0 Å².